The van der Waals surface area contributed by atoms with Crippen LogP contribution >= 0.6 is 22.7 Å². The van der Waals surface area contributed by atoms with Crippen LogP contribution in [0, 0.1) is 0 Å². The van der Waals surface area contributed by atoms with Gasteiger partial charge < -0.3 is 4.74 Å². The maximum atomic E-state index is 5.23. The molecule has 0 fully saturated rings. The zero-order chi connectivity index (χ0) is 19.3. The fourth-order valence-corrected chi connectivity index (χ4v) is 4.28. The number of pyridine rings is 1. The summed E-state index contributed by atoms with van der Waals surface area (Å²) in [7, 11) is 1.66. The molecule has 0 spiro atoms. The van der Waals surface area contributed by atoms with Crippen molar-refractivity contribution in [2.75, 3.05) is 7.11 Å². The predicted molar refractivity (Wildman–Crippen MR) is 116 cm³/mol. The minimum absolute atomic E-state index is 0.807. The molecule has 28 heavy (non-hydrogen) atoms. The van der Waals surface area contributed by atoms with E-state index in [0.29, 0.717) is 0 Å². The molecule has 3 aromatic heterocycles. The largest absolute Gasteiger partial charge is 0.497 e. The van der Waals surface area contributed by atoms with E-state index in [-0.39, 0.29) is 0 Å². The molecule has 7 heteroatoms. The Morgan fingerprint density at radius 2 is 1.82 bits per heavy atom. The second kappa shape index (κ2) is 8.33. The van der Waals surface area contributed by atoms with Gasteiger partial charge in [0.2, 0.25) is 4.80 Å². The van der Waals surface area contributed by atoms with Gasteiger partial charge in [-0.25, -0.2) is 9.67 Å². The molecule has 0 aliphatic carbocycles. The van der Waals surface area contributed by atoms with Crippen LogP contribution in [-0.2, 0) is 0 Å². The van der Waals surface area contributed by atoms with Crippen molar-refractivity contribution in [2.45, 2.75) is 6.92 Å². The molecule has 0 aliphatic heterocycles. The van der Waals surface area contributed by atoms with Crippen molar-refractivity contribution in [3.63, 3.8) is 0 Å². The highest BCUT2D eigenvalue weighted by Crippen LogP contribution is 2.26. The van der Waals surface area contributed by atoms with E-state index in [1.807, 2.05) is 54.1 Å². The van der Waals surface area contributed by atoms with Gasteiger partial charge in [-0.2, -0.15) is 5.10 Å². The molecular weight excluding hydrogens is 388 g/mol. The second-order valence-corrected chi connectivity index (χ2v) is 7.71. The third-order valence-electron chi connectivity index (χ3n) is 4.10. The standard InChI is InChI=1S/C21H18N4OS2/c1-15(16-9-11-22-12-10-16)24-25-19(20-4-3-13-27-20)14-28-21(25)23-17-5-7-18(26-2)8-6-17/h3-14H,1-2H3. The van der Waals surface area contributed by atoms with Crippen LogP contribution in [0.25, 0.3) is 10.6 Å². The lowest BCUT2D eigenvalue weighted by molar-refractivity contribution is 0.415. The first kappa shape index (κ1) is 18.3. The van der Waals surface area contributed by atoms with Crippen molar-refractivity contribution >= 4 is 34.1 Å². The molecule has 5 nitrogen and oxygen atoms in total. The summed E-state index contributed by atoms with van der Waals surface area (Å²) in [5.74, 6) is 0.809. The minimum atomic E-state index is 0.807. The summed E-state index contributed by atoms with van der Waals surface area (Å²) in [6, 6.07) is 15.7. The molecular formula is C21H18N4OS2. The minimum Gasteiger partial charge on any atom is -0.497 e. The Balaban J connectivity index is 1.84. The second-order valence-electron chi connectivity index (χ2n) is 5.92. The van der Waals surface area contributed by atoms with Crippen molar-refractivity contribution in [2.24, 2.45) is 10.1 Å². The number of thiazole rings is 1. The number of nitrogens with zero attached hydrogens (tertiary/aromatic N) is 4. The Morgan fingerprint density at radius 1 is 1.04 bits per heavy atom. The molecule has 0 N–H and O–H groups in total. The number of methoxy groups -OCH3 is 1. The molecule has 0 saturated heterocycles. The van der Waals surface area contributed by atoms with Crippen LogP contribution in [0.5, 0.6) is 5.75 Å². The summed E-state index contributed by atoms with van der Waals surface area (Å²) in [5, 5.41) is 9.04. The van der Waals surface area contributed by atoms with Crippen LogP contribution in [0.4, 0.5) is 5.69 Å². The lowest BCUT2D eigenvalue weighted by Gasteiger charge is -2.05. The van der Waals surface area contributed by atoms with Gasteiger partial charge in [0.15, 0.2) is 0 Å². The first-order chi connectivity index (χ1) is 13.7. The molecule has 0 unspecified atom stereocenters. The fraction of sp³-hybridized carbons (Fsp3) is 0.0952. The van der Waals surface area contributed by atoms with Crippen molar-refractivity contribution < 1.29 is 4.74 Å². The fourth-order valence-electron chi connectivity index (χ4n) is 2.64. The maximum absolute atomic E-state index is 5.23. The molecule has 140 valence electrons. The summed E-state index contributed by atoms with van der Waals surface area (Å²) in [5.41, 5.74) is 3.81. The highest BCUT2D eigenvalue weighted by molar-refractivity contribution is 7.14. The molecule has 0 amide bonds. The normalized spacial score (nSPS) is 12.4. The van der Waals surface area contributed by atoms with E-state index in [2.05, 4.69) is 21.8 Å². The molecule has 3 heterocycles. The van der Waals surface area contributed by atoms with Crippen LogP contribution < -0.4 is 9.54 Å². The van der Waals surface area contributed by atoms with Gasteiger partial charge in [-0.05, 0) is 54.8 Å². The van der Waals surface area contributed by atoms with Gasteiger partial charge in [-0.3, -0.25) is 4.98 Å². The first-order valence-corrected chi connectivity index (χ1v) is 10.4. The van der Waals surface area contributed by atoms with Crippen LogP contribution in [0.3, 0.4) is 0 Å². The number of rotatable bonds is 5. The number of ether oxygens (including phenoxy) is 1. The highest BCUT2D eigenvalue weighted by atomic mass is 32.1. The predicted octanol–water partition coefficient (Wildman–Crippen LogP) is 5.19. The van der Waals surface area contributed by atoms with Crippen molar-refractivity contribution in [3.8, 4) is 16.3 Å². The first-order valence-electron chi connectivity index (χ1n) is 8.64. The number of hydrogen-bond acceptors (Lipinski definition) is 6. The Labute approximate surface area is 171 Å². The summed E-state index contributed by atoms with van der Waals surface area (Å²) < 4.78 is 7.14. The molecule has 0 radical (unpaired) electrons. The molecule has 0 bridgehead atoms. The molecule has 4 aromatic rings. The van der Waals surface area contributed by atoms with Gasteiger partial charge in [0.05, 0.1) is 29.1 Å². The third-order valence-corrected chi connectivity index (χ3v) is 5.81. The Morgan fingerprint density at radius 3 is 2.50 bits per heavy atom. The van der Waals surface area contributed by atoms with Gasteiger partial charge in [0.1, 0.15) is 5.75 Å². The monoisotopic (exact) mass is 406 g/mol. The quantitative estimate of drug-likeness (QED) is 0.429. The van der Waals surface area contributed by atoms with Crippen molar-refractivity contribution in [3.05, 3.63) is 82.0 Å². The number of thiophene rings is 1. The number of benzene rings is 1. The van der Waals surface area contributed by atoms with E-state index in [9.17, 15) is 0 Å². The van der Waals surface area contributed by atoms with E-state index < -0.39 is 0 Å². The van der Waals surface area contributed by atoms with Gasteiger partial charge in [0, 0.05) is 23.3 Å². The van der Waals surface area contributed by atoms with E-state index in [0.717, 1.165) is 38.1 Å². The van der Waals surface area contributed by atoms with Gasteiger partial charge in [0.25, 0.3) is 0 Å². The van der Waals surface area contributed by atoms with Gasteiger partial charge in [-0.15, -0.1) is 22.7 Å². The molecule has 1 aromatic carbocycles. The van der Waals surface area contributed by atoms with Crippen LogP contribution in [-0.4, -0.2) is 22.5 Å². The molecule has 0 saturated carbocycles. The van der Waals surface area contributed by atoms with E-state index in [1.54, 1.807) is 42.2 Å². The topological polar surface area (TPSA) is 51.8 Å². The van der Waals surface area contributed by atoms with Crippen molar-refractivity contribution in [1.82, 2.24) is 9.66 Å². The van der Waals surface area contributed by atoms with Crippen LogP contribution in [0.1, 0.15) is 12.5 Å². The molecule has 0 atom stereocenters. The lowest BCUT2D eigenvalue weighted by Crippen LogP contribution is -2.13. The Hall–Kier alpha value is -3.03. The summed E-state index contributed by atoms with van der Waals surface area (Å²) in [6.07, 6.45) is 3.55. The Kier molecular flexibility index (Phi) is 5.45. The van der Waals surface area contributed by atoms with E-state index in [1.165, 1.54) is 0 Å². The maximum Gasteiger partial charge on any atom is 0.211 e. The average molecular weight is 407 g/mol. The van der Waals surface area contributed by atoms with Gasteiger partial charge in [-0.1, -0.05) is 6.07 Å². The van der Waals surface area contributed by atoms with Crippen molar-refractivity contribution in [1.29, 1.82) is 0 Å². The number of hydrogen-bond donors (Lipinski definition) is 0. The number of aromatic nitrogens is 2. The zero-order valence-corrected chi connectivity index (χ0v) is 17.1. The molecule has 0 aliphatic rings. The lowest BCUT2D eigenvalue weighted by atomic mass is 10.2. The van der Waals surface area contributed by atoms with E-state index >= 15 is 0 Å². The SMILES string of the molecule is COc1ccc(N=c2scc(-c3cccs3)n2N=C(C)c2ccncc2)cc1. The Bertz CT molecular complexity index is 1140. The summed E-state index contributed by atoms with van der Waals surface area (Å²) >= 11 is 3.25. The average Bonchev–Trinajstić information content (AvgIpc) is 3.40. The smallest absolute Gasteiger partial charge is 0.211 e. The van der Waals surface area contributed by atoms with E-state index in [4.69, 9.17) is 14.8 Å². The van der Waals surface area contributed by atoms with Crippen LogP contribution in [0.15, 0.2) is 81.8 Å². The zero-order valence-electron chi connectivity index (χ0n) is 15.4. The summed E-state index contributed by atoms with van der Waals surface area (Å²) in [4.78, 5) is 10.8. The summed E-state index contributed by atoms with van der Waals surface area (Å²) in [6.45, 7) is 2.00. The van der Waals surface area contributed by atoms with Crippen LogP contribution in [0.2, 0.25) is 0 Å². The third kappa shape index (κ3) is 3.95. The molecule has 4 rings (SSSR count). The van der Waals surface area contributed by atoms with Gasteiger partial charge >= 0.3 is 0 Å². The highest BCUT2D eigenvalue weighted by Gasteiger charge is 2.10.